The van der Waals surface area contributed by atoms with Gasteiger partial charge in [0.1, 0.15) is 11.6 Å². The van der Waals surface area contributed by atoms with E-state index in [-0.39, 0.29) is 17.9 Å². The van der Waals surface area contributed by atoms with Crippen molar-refractivity contribution in [3.63, 3.8) is 0 Å². The van der Waals surface area contributed by atoms with Crippen LogP contribution in [-0.2, 0) is 4.79 Å². The van der Waals surface area contributed by atoms with Crippen molar-refractivity contribution in [3.8, 4) is 17.6 Å². The molecule has 28 heavy (non-hydrogen) atoms. The quantitative estimate of drug-likeness (QED) is 0.232. The van der Waals surface area contributed by atoms with Crippen LogP contribution in [-0.4, -0.2) is 25.5 Å². The van der Waals surface area contributed by atoms with Gasteiger partial charge in [-0.3, -0.25) is 4.79 Å². The molecule has 0 aliphatic carbocycles. The number of hydrogen-bond acceptors (Lipinski definition) is 5. The van der Waals surface area contributed by atoms with Crippen LogP contribution in [0, 0.1) is 11.3 Å². The second-order valence-electron chi connectivity index (χ2n) is 5.48. The first-order chi connectivity index (χ1) is 13.5. The number of nitriles is 1. The van der Waals surface area contributed by atoms with E-state index in [4.69, 9.17) is 9.47 Å². The molecule has 0 bridgehead atoms. The van der Waals surface area contributed by atoms with E-state index in [0.29, 0.717) is 16.9 Å². The van der Waals surface area contributed by atoms with Crippen LogP contribution < -0.4 is 14.8 Å². The molecule has 0 heterocycles. The standard InChI is InChI=1S/C21H17BrN2O4/c1-3-9-24-20(25)16(13-23)10-14-7-8-18(19(11-14)27-2)28-21(26)15-5-4-6-17(22)12-15/h3-8,10-12H,1,9H2,2H3,(H,24,25). The fourth-order valence-corrected chi connectivity index (χ4v) is 2.61. The molecule has 0 radical (unpaired) electrons. The number of amides is 1. The highest BCUT2D eigenvalue weighted by molar-refractivity contribution is 9.10. The molecule has 0 spiro atoms. The average Bonchev–Trinajstić information content (AvgIpc) is 2.70. The van der Waals surface area contributed by atoms with Gasteiger partial charge in [-0.15, -0.1) is 6.58 Å². The summed E-state index contributed by atoms with van der Waals surface area (Å²) in [5, 5.41) is 11.7. The zero-order chi connectivity index (χ0) is 20.5. The molecule has 0 saturated heterocycles. The van der Waals surface area contributed by atoms with Crippen LogP contribution in [0.5, 0.6) is 11.5 Å². The summed E-state index contributed by atoms with van der Waals surface area (Å²) in [7, 11) is 1.43. The largest absolute Gasteiger partial charge is 0.493 e. The maximum Gasteiger partial charge on any atom is 0.343 e. The van der Waals surface area contributed by atoms with E-state index in [9.17, 15) is 14.9 Å². The van der Waals surface area contributed by atoms with Gasteiger partial charge in [0.15, 0.2) is 11.5 Å². The van der Waals surface area contributed by atoms with E-state index in [1.807, 2.05) is 6.07 Å². The fourth-order valence-electron chi connectivity index (χ4n) is 2.21. The summed E-state index contributed by atoms with van der Waals surface area (Å²) in [5.74, 6) is -0.531. The Kier molecular flexibility index (Phi) is 7.55. The summed E-state index contributed by atoms with van der Waals surface area (Å²) in [4.78, 5) is 24.3. The number of esters is 1. The molecular formula is C21H17BrN2O4. The van der Waals surface area contributed by atoms with E-state index in [0.717, 1.165) is 4.47 Å². The third kappa shape index (κ3) is 5.56. The Morgan fingerprint density at radius 1 is 1.25 bits per heavy atom. The second-order valence-corrected chi connectivity index (χ2v) is 6.39. The number of hydrogen-bond donors (Lipinski definition) is 1. The number of nitrogens with one attached hydrogen (secondary N) is 1. The minimum Gasteiger partial charge on any atom is -0.493 e. The molecule has 7 heteroatoms. The highest BCUT2D eigenvalue weighted by Gasteiger charge is 2.14. The van der Waals surface area contributed by atoms with Gasteiger partial charge in [0.05, 0.1) is 12.7 Å². The number of halogens is 1. The third-order valence-electron chi connectivity index (χ3n) is 3.53. The number of carbonyl (C=O) groups is 2. The first-order valence-electron chi connectivity index (χ1n) is 8.15. The first-order valence-corrected chi connectivity index (χ1v) is 8.94. The summed E-state index contributed by atoms with van der Waals surface area (Å²) >= 11 is 3.31. The van der Waals surface area contributed by atoms with Gasteiger partial charge < -0.3 is 14.8 Å². The molecule has 0 aliphatic heterocycles. The minimum atomic E-state index is -0.538. The van der Waals surface area contributed by atoms with Gasteiger partial charge in [0.2, 0.25) is 0 Å². The topological polar surface area (TPSA) is 88.4 Å². The van der Waals surface area contributed by atoms with Crippen LogP contribution in [0.4, 0.5) is 0 Å². The number of carbonyl (C=O) groups excluding carboxylic acids is 2. The second kappa shape index (κ2) is 10.1. The number of rotatable bonds is 7. The molecule has 142 valence electrons. The van der Waals surface area contributed by atoms with Gasteiger partial charge >= 0.3 is 5.97 Å². The van der Waals surface area contributed by atoms with E-state index >= 15 is 0 Å². The van der Waals surface area contributed by atoms with Crippen molar-refractivity contribution in [2.24, 2.45) is 0 Å². The first kappa shape index (κ1) is 20.9. The smallest absolute Gasteiger partial charge is 0.343 e. The van der Waals surface area contributed by atoms with Crippen LogP contribution in [0.2, 0.25) is 0 Å². The van der Waals surface area contributed by atoms with E-state index in [1.165, 1.54) is 25.3 Å². The molecule has 1 amide bonds. The number of benzene rings is 2. The number of nitrogens with zero attached hydrogens (tertiary/aromatic N) is 1. The molecule has 2 rings (SSSR count). The molecule has 0 fully saturated rings. The summed E-state index contributed by atoms with van der Waals surface area (Å²) in [6.07, 6.45) is 2.94. The molecule has 0 aromatic heterocycles. The maximum absolute atomic E-state index is 12.3. The van der Waals surface area contributed by atoms with Gasteiger partial charge in [0.25, 0.3) is 5.91 Å². The number of ether oxygens (including phenoxy) is 2. The van der Waals surface area contributed by atoms with Crippen molar-refractivity contribution in [2.75, 3.05) is 13.7 Å². The van der Waals surface area contributed by atoms with Gasteiger partial charge in [-0.25, -0.2) is 4.79 Å². The zero-order valence-corrected chi connectivity index (χ0v) is 16.7. The van der Waals surface area contributed by atoms with Crippen molar-refractivity contribution in [1.82, 2.24) is 5.32 Å². The van der Waals surface area contributed by atoms with Gasteiger partial charge in [-0.1, -0.05) is 34.1 Å². The Bertz CT molecular complexity index is 977. The summed E-state index contributed by atoms with van der Waals surface area (Å²) in [6.45, 7) is 3.76. The van der Waals surface area contributed by atoms with Crippen LogP contribution in [0.15, 0.2) is 65.2 Å². The molecule has 2 aromatic carbocycles. The highest BCUT2D eigenvalue weighted by Crippen LogP contribution is 2.30. The summed E-state index contributed by atoms with van der Waals surface area (Å²) in [5.41, 5.74) is 0.859. The molecular weight excluding hydrogens is 424 g/mol. The molecule has 0 aliphatic rings. The SMILES string of the molecule is C=CCNC(=O)C(C#N)=Cc1ccc(OC(=O)c2cccc(Br)c2)c(OC)c1. The Morgan fingerprint density at radius 2 is 2.04 bits per heavy atom. The Labute approximate surface area is 171 Å². The lowest BCUT2D eigenvalue weighted by molar-refractivity contribution is -0.116. The molecule has 1 N–H and O–H groups in total. The van der Waals surface area contributed by atoms with E-state index < -0.39 is 11.9 Å². The fraction of sp³-hybridized carbons (Fsp3) is 0.0952. The summed E-state index contributed by atoms with van der Waals surface area (Å²) < 4.78 is 11.4. The van der Waals surface area contributed by atoms with Crippen LogP contribution in [0.3, 0.4) is 0 Å². The number of methoxy groups -OCH3 is 1. The van der Waals surface area contributed by atoms with Crippen LogP contribution >= 0.6 is 15.9 Å². The van der Waals surface area contributed by atoms with Gasteiger partial charge in [-0.2, -0.15) is 5.26 Å². The molecule has 0 unspecified atom stereocenters. The Morgan fingerprint density at radius 3 is 2.68 bits per heavy atom. The highest BCUT2D eigenvalue weighted by atomic mass is 79.9. The van der Waals surface area contributed by atoms with Crippen molar-refractivity contribution in [1.29, 1.82) is 5.26 Å². The lowest BCUT2D eigenvalue weighted by Crippen LogP contribution is -2.24. The normalized spacial score (nSPS) is 10.5. The van der Waals surface area contributed by atoms with Crippen LogP contribution in [0.1, 0.15) is 15.9 Å². The van der Waals surface area contributed by atoms with E-state index in [2.05, 4.69) is 27.8 Å². The summed E-state index contributed by atoms with van der Waals surface area (Å²) in [6, 6.07) is 13.4. The average molecular weight is 441 g/mol. The monoisotopic (exact) mass is 440 g/mol. The molecule has 6 nitrogen and oxygen atoms in total. The Balaban J connectivity index is 2.25. The Hall–Kier alpha value is -3.37. The minimum absolute atomic E-state index is 0.0669. The lowest BCUT2D eigenvalue weighted by Gasteiger charge is -2.10. The lowest BCUT2D eigenvalue weighted by atomic mass is 10.1. The third-order valence-corrected chi connectivity index (χ3v) is 4.03. The maximum atomic E-state index is 12.3. The van der Waals surface area contributed by atoms with E-state index in [1.54, 1.807) is 36.4 Å². The predicted molar refractivity (Wildman–Crippen MR) is 109 cm³/mol. The van der Waals surface area contributed by atoms with Gasteiger partial charge in [-0.05, 0) is 42.0 Å². The predicted octanol–water partition coefficient (Wildman–Crippen LogP) is 3.89. The zero-order valence-electron chi connectivity index (χ0n) is 15.1. The molecule has 0 saturated carbocycles. The molecule has 2 aromatic rings. The van der Waals surface area contributed by atoms with Crippen molar-refractivity contribution in [3.05, 3.63) is 76.3 Å². The van der Waals surface area contributed by atoms with Crippen molar-refractivity contribution >= 4 is 33.9 Å². The van der Waals surface area contributed by atoms with Gasteiger partial charge in [0, 0.05) is 11.0 Å². The van der Waals surface area contributed by atoms with Crippen molar-refractivity contribution in [2.45, 2.75) is 0 Å². The van der Waals surface area contributed by atoms with Crippen LogP contribution in [0.25, 0.3) is 6.08 Å². The molecule has 0 atom stereocenters. The van der Waals surface area contributed by atoms with Crippen molar-refractivity contribution < 1.29 is 19.1 Å².